The Morgan fingerprint density at radius 1 is 1.56 bits per heavy atom. The van der Waals surface area contributed by atoms with Crippen LogP contribution in [0.5, 0.6) is 0 Å². The van der Waals surface area contributed by atoms with E-state index in [9.17, 15) is 0 Å². The van der Waals surface area contributed by atoms with Crippen LogP contribution < -0.4 is 5.32 Å². The fourth-order valence-corrected chi connectivity index (χ4v) is 1.49. The van der Waals surface area contributed by atoms with E-state index in [1.165, 1.54) is 6.39 Å². The average molecular weight is 215 g/mol. The Balaban J connectivity index is 2.07. The van der Waals surface area contributed by atoms with Crippen molar-refractivity contribution in [2.24, 2.45) is 5.92 Å². The quantitative estimate of drug-likeness (QED) is 0.851. The van der Waals surface area contributed by atoms with Crippen molar-refractivity contribution >= 4 is 16.8 Å². The Kier molecular flexibility index (Phi) is 3.06. The van der Waals surface area contributed by atoms with Crippen LogP contribution in [0.2, 0.25) is 0 Å². The number of nitriles is 1. The van der Waals surface area contributed by atoms with E-state index < -0.39 is 0 Å². The summed E-state index contributed by atoms with van der Waals surface area (Å²) in [4.78, 5) is 4.04. The van der Waals surface area contributed by atoms with Crippen LogP contribution in [0.25, 0.3) is 11.1 Å². The van der Waals surface area contributed by atoms with Gasteiger partial charge in [-0.25, -0.2) is 4.98 Å². The number of anilines is 1. The normalized spacial score (nSPS) is 12.2. The molecule has 0 aliphatic carbocycles. The molecule has 0 amide bonds. The van der Waals surface area contributed by atoms with Crippen LogP contribution in [0.3, 0.4) is 0 Å². The van der Waals surface area contributed by atoms with Crippen molar-refractivity contribution in [1.29, 1.82) is 5.26 Å². The molecule has 1 heterocycles. The molecule has 1 aromatic carbocycles. The third-order valence-corrected chi connectivity index (χ3v) is 2.56. The molecular formula is C12H13N3O. The monoisotopic (exact) mass is 215 g/mol. The zero-order chi connectivity index (χ0) is 11.4. The summed E-state index contributed by atoms with van der Waals surface area (Å²) in [6, 6.07) is 7.99. The molecule has 16 heavy (non-hydrogen) atoms. The van der Waals surface area contributed by atoms with Crippen LogP contribution in [-0.4, -0.2) is 11.5 Å². The lowest BCUT2D eigenvalue weighted by Crippen LogP contribution is -2.11. The minimum absolute atomic E-state index is 0.0467. The second kappa shape index (κ2) is 4.67. The van der Waals surface area contributed by atoms with Gasteiger partial charge in [0.2, 0.25) is 0 Å². The van der Waals surface area contributed by atoms with Gasteiger partial charge in [-0.1, -0.05) is 6.92 Å². The molecule has 4 nitrogen and oxygen atoms in total. The molecule has 0 aliphatic rings. The highest BCUT2D eigenvalue weighted by atomic mass is 16.3. The fraction of sp³-hybridized carbons (Fsp3) is 0.333. The van der Waals surface area contributed by atoms with Crippen molar-refractivity contribution in [2.45, 2.75) is 13.3 Å². The third-order valence-electron chi connectivity index (χ3n) is 2.56. The number of aromatic nitrogens is 1. The van der Waals surface area contributed by atoms with Gasteiger partial charge in [-0.2, -0.15) is 5.26 Å². The first kappa shape index (κ1) is 10.5. The van der Waals surface area contributed by atoms with Crippen molar-refractivity contribution in [1.82, 2.24) is 4.98 Å². The largest absolute Gasteiger partial charge is 0.443 e. The molecule has 0 saturated heterocycles. The molecule has 0 spiro atoms. The van der Waals surface area contributed by atoms with E-state index in [0.717, 1.165) is 23.2 Å². The van der Waals surface area contributed by atoms with Gasteiger partial charge in [-0.05, 0) is 18.6 Å². The van der Waals surface area contributed by atoms with Gasteiger partial charge in [0.1, 0.15) is 5.52 Å². The van der Waals surface area contributed by atoms with E-state index in [1.54, 1.807) is 0 Å². The number of nitrogens with zero attached hydrogens (tertiary/aromatic N) is 2. The fourth-order valence-electron chi connectivity index (χ4n) is 1.49. The average Bonchev–Trinajstić information content (AvgIpc) is 2.77. The zero-order valence-electron chi connectivity index (χ0n) is 9.10. The first-order valence-corrected chi connectivity index (χ1v) is 5.30. The lowest BCUT2D eigenvalue weighted by atomic mass is 10.1. The predicted molar refractivity (Wildman–Crippen MR) is 61.9 cm³/mol. The Morgan fingerprint density at radius 3 is 3.19 bits per heavy atom. The van der Waals surface area contributed by atoms with Crippen molar-refractivity contribution in [3.63, 3.8) is 0 Å². The maximum absolute atomic E-state index is 8.82. The number of fused-ring (bicyclic) bond motifs is 1. The number of oxazole rings is 1. The summed E-state index contributed by atoms with van der Waals surface area (Å²) >= 11 is 0. The van der Waals surface area contributed by atoms with Crippen molar-refractivity contribution in [3.05, 3.63) is 24.6 Å². The highest BCUT2D eigenvalue weighted by Crippen LogP contribution is 2.18. The Bertz CT molecular complexity index is 512. The van der Waals surface area contributed by atoms with Crippen molar-refractivity contribution < 1.29 is 4.42 Å². The van der Waals surface area contributed by atoms with E-state index in [2.05, 4.69) is 16.4 Å². The summed E-state index contributed by atoms with van der Waals surface area (Å²) in [5, 5.41) is 12.0. The second-order valence-corrected chi connectivity index (χ2v) is 3.65. The maximum Gasteiger partial charge on any atom is 0.181 e. The van der Waals surface area contributed by atoms with Gasteiger partial charge >= 0.3 is 0 Å². The first-order valence-electron chi connectivity index (χ1n) is 5.30. The van der Waals surface area contributed by atoms with Crippen molar-refractivity contribution in [2.75, 3.05) is 11.9 Å². The Labute approximate surface area is 93.9 Å². The lowest BCUT2D eigenvalue weighted by molar-refractivity contribution is 0.602. The molecule has 0 saturated carbocycles. The second-order valence-electron chi connectivity index (χ2n) is 3.65. The van der Waals surface area contributed by atoms with Gasteiger partial charge < -0.3 is 9.73 Å². The molecule has 1 N–H and O–H groups in total. The maximum atomic E-state index is 8.82. The highest BCUT2D eigenvalue weighted by molar-refractivity contribution is 5.76. The molecule has 2 aromatic rings. The lowest BCUT2D eigenvalue weighted by Gasteiger charge is -2.08. The van der Waals surface area contributed by atoms with Crippen molar-refractivity contribution in [3.8, 4) is 6.07 Å². The molecule has 0 fully saturated rings. The van der Waals surface area contributed by atoms with Gasteiger partial charge in [0.05, 0.1) is 12.0 Å². The van der Waals surface area contributed by atoms with E-state index in [4.69, 9.17) is 9.68 Å². The number of nitrogens with one attached hydrogen (secondary N) is 1. The summed E-state index contributed by atoms with van der Waals surface area (Å²) < 4.78 is 5.20. The molecule has 1 aromatic heterocycles. The molecule has 0 aliphatic heterocycles. The van der Waals surface area contributed by atoms with E-state index in [0.29, 0.717) is 6.54 Å². The molecule has 2 rings (SSSR count). The van der Waals surface area contributed by atoms with Gasteiger partial charge in [-0.15, -0.1) is 0 Å². The number of hydrogen-bond acceptors (Lipinski definition) is 4. The summed E-state index contributed by atoms with van der Waals surface area (Å²) in [6.45, 7) is 2.67. The van der Waals surface area contributed by atoms with Gasteiger partial charge in [0.15, 0.2) is 12.0 Å². The number of benzene rings is 1. The van der Waals surface area contributed by atoms with Crippen LogP contribution >= 0.6 is 0 Å². The number of rotatable bonds is 4. The van der Waals surface area contributed by atoms with Gasteiger partial charge in [0.25, 0.3) is 0 Å². The van der Waals surface area contributed by atoms with Crippen LogP contribution in [0.1, 0.15) is 13.3 Å². The van der Waals surface area contributed by atoms with E-state index in [-0.39, 0.29) is 5.92 Å². The van der Waals surface area contributed by atoms with E-state index in [1.807, 2.05) is 25.1 Å². The topological polar surface area (TPSA) is 61.9 Å². The zero-order valence-corrected chi connectivity index (χ0v) is 9.10. The van der Waals surface area contributed by atoms with E-state index >= 15 is 0 Å². The summed E-state index contributed by atoms with van der Waals surface area (Å²) in [5.41, 5.74) is 2.56. The molecule has 82 valence electrons. The minimum atomic E-state index is 0.0467. The van der Waals surface area contributed by atoms with Gasteiger partial charge in [-0.3, -0.25) is 0 Å². The van der Waals surface area contributed by atoms with Crippen LogP contribution in [0.4, 0.5) is 5.69 Å². The van der Waals surface area contributed by atoms with Crippen LogP contribution in [0, 0.1) is 17.2 Å². The number of hydrogen-bond donors (Lipinski definition) is 1. The molecule has 1 atom stereocenters. The van der Waals surface area contributed by atoms with Crippen LogP contribution in [-0.2, 0) is 0 Å². The summed E-state index contributed by atoms with van der Waals surface area (Å²) in [5.74, 6) is 0.0467. The molecule has 1 unspecified atom stereocenters. The third kappa shape index (κ3) is 2.14. The van der Waals surface area contributed by atoms with Crippen LogP contribution in [0.15, 0.2) is 29.0 Å². The summed E-state index contributed by atoms with van der Waals surface area (Å²) in [6.07, 6.45) is 2.28. The van der Waals surface area contributed by atoms with Gasteiger partial charge in [0, 0.05) is 18.3 Å². The first-order chi connectivity index (χ1) is 7.83. The molecular weight excluding hydrogens is 202 g/mol. The SMILES string of the molecule is CCC(C#N)CNc1ccc2ncoc2c1. The summed E-state index contributed by atoms with van der Waals surface area (Å²) in [7, 11) is 0. The minimum Gasteiger partial charge on any atom is -0.443 e. The Morgan fingerprint density at radius 2 is 2.44 bits per heavy atom. The molecule has 4 heteroatoms. The Hall–Kier alpha value is -2.02. The standard InChI is InChI=1S/C12H13N3O/c1-2-9(6-13)7-14-10-3-4-11-12(5-10)16-8-15-11/h3-5,8-9,14H,2,7H2,1H3. The predicted octanol–water partition coefficient (Wildman–Crippen LogP) is 2.79. The highest BCUT2D eigenvalue weighted by Gasteiger charge is 2.04. The molecule has 0 bridgehead atoms. The molecule has 0 radical (unpaired) electrons. The smallest absolute Gasteiger partial charge is 0.181 e.